The van der Waals surface area contributed by atoms with Crippen LogP contribution in [0.1, 0.15) is 59.3 Å². The number of imide groups is 1. The van der Waals surface area contributed by atoms with Gasteiger partial charge in [-0.2, -0.15) is 5.10 Å². The number of aromatic nitrogens is 2. The Bertz CT molecular complexity index is 1530. The monoisotopic (exact) mass is 588 g/mol. The number of rotatable bonds is 7. The number of benzene rings is 2. The molecular weight excluding hydrogens is 552 g/mol. The Labute approximate surface area is 250 Å². The average molecular weight is 589 g/mol. The number of likely N-dealkylation sites (tertiary alicyclic amines) is 2. The number of aryl methyl sites for hydroxylation is 1. The largest absolute Gasteiger partial charge is 0.378 e. The van der Waals surface area contributed by atoms with Crippen LogP contribution in [0.5, 0.6) is 0 Å². The number of hydrogen-bond donors (Lipinski definition) is 2. The van der Waals surface area contributed by atoms with Gasteiger partial charge in [0.2, 0.25) is 11.8 Å². The van der Waals surface area contributed by atoms with Gasteiger partial charge in [-0.15, -0.1) is 0 Å². The summed E-state index contributed by atoms with van der Waals surface area (Å²) in [6.07, 6.45) is 3.54. The summed E-state index contributed by atoms with van der Waals surface area (Å²) in [4.78, 5) is 40.8. The van der Waals surface area contributed by atoms with Crippen LogP contribution in [0.4, 0.5) is 5.69 Å². The van der Waals surface area contributed by atoms with Crippen molar-refractivity contribution in [2.24, 2.45) is 7.05 Å². The van der Waals surface area contributed by atoms with Crippen LogP contribution in [0.25, 0.3) is 0 Å². The lowest BCUT2D eigenvalue weighted by Gasteiger charge is -2.40. The highest BCUT2D eigenvalue weighted by atomic mass is 35.5. The molecule has 3 atom stereocenters. The molecule has 3 aliphatic heterocycles. The van der Waals surface area contributed by atoms with E-state index in [9.17, 15) is 14.4 Å². The molecule has 0 aliphatic carbocycles. The lowest BCUT2D eigenvalue weighted by Crippen LogP contribution is -2.44. The van der Waals surface area contributed by atoms with E-state index in [2.05, 4.69) is 69.0 Å². The summed E-state index contributed by atoms with van der Waals surface area (Å²) in [7, 11) is 3.72. The molecule has 3 aromatic rings. The summed E-state index contributed by atoms with van der Waals surface area (Å²) in [6.45, 7) is 4.73. The van der Waals surface area contributed by atoms with Gasteiger partial charge in [0.25, 0.3) is 5.56 Å². The molecule has 3 fully saturated rings. The number of halogens is 1. The molecule has 2 amide bonds. The van der Waals surface area contributed by atoms with E-state index >= 15 is 0 Å². The first-order chi connectivity index (χ1) is 20.2. The number of piperidine rings is 2. The van der Waals surface area contributed by atoms with Crippen molar-refractivity contribution < 1.29 is 9.59 Å². The number of likely N-dealkylation sites (N-methyl/N-ethyl adjacent to an activating group) is 1. The summed E-state index contributed by atoms with van der Waals surface area (Å²) in [5.74, 6) is 0.225. The third-order valence-corrected chi connectivity index (χ3v) is 9.27. The third kappa shape index (κ3) is 6.14. The number of carbonyl (C=O) groups is 2. The minimum absolute atomic E-state index is 0.159. The quantitative estimate of drug-likeness (QED) is 0.408. The van der Waals surface area contributed by atoms with Gasteiger partial charge in [-0.1, -0.05) is 60.1 Å². The highest BCUT2D eigenvalue weighted by Crippen LogP contribution is 2.33. The summed E-state index contributed by atoms with van der Waals surface area (Å²) in [5.41, 5.74) is 5.17. The first kappa shape index (κ1) is 28.6. The lowest BCUT2D eigenvalue weighted by molar-refractivity contribution is -0.134. The Balaban J connectivity index is 1.03. The molecule has 0 saturated carbocycles. The zero-order valence-corrected chi connectivity index (χ0v) is 24.8. The fourth-order valence-corrected chi connectivity index (χ4v) is 6.83. The van der Waals surface area contributed by atoms with Gasteiger partial charge in [-0.25, -0.2) is 4.68 Å². The molecule has 0 bridgehead atoms. The van der Waals surface area contributed by atoms with E-state index in [1.807, 2.05) is 12.1 Å². The lowest BCUT2D eigenvalue weighted by atomic mass is 9.85. The van der Waals surface area contributed by atoms with Crippen molar-refractivity contribution in [3.8, 4) is 0 Å². The van der Waals surface area contributed by atoms with Gasteiger partial charge in [0, 0.05) is 58.2 Å². The second-order valence-electron chi connectivity index (χ2n) is 12.1. The van der Waals surface area contributed by atoms with Crippen LogP contribution >= 0.6 is 11.6 Å². The smallest absolute Gasteiger partial charge is 0.287 e. The molecule has 10 heteroatoms. The fraction of sp³-hybridized carbons (Fsp3) is 0.438. The zero-order chi connectivity index (χ0) is 29.4. The Morgan fingerprint density at radius 3 is 2.48 bits per heavy atom. The molecule has 9 nitrogen and oxygen atoms in total. The zero-order valence-electron chi connectivity index (χ0n) is 24.1. The van der Waals surface area contributed by atoms with E-state index in [1.54, 1.807) is 13.2 Å². The van der Waals surface area contributed by atoms with Crippen molar-refractivity contribution in [2.45, 2.75) is 49.6 Å². The number of hydrogen-bond acceptors (Lipinski definition) is 7. The minimum Gasteiger partial charge on any atom is -0.378 e. The van der Waals surface area contributed by atoms with Crippen molar-refractivity contribution in [1.29, 1.82) is 0 Å². The molecule has 2 N–H and O–H groups in total. The van der Waals surface area contributed by atoms with Crippen LogP contribution in [-0.4, -0.2) is 70.7 Å². The van der Waals surface area contributed by atoms with Crippen LogP contribution in [-0.2, 0) is 23.2 Å². The first-order valence-electron chi connectivity index (χ1n) is 14.6. The van der Waals surface area contributed by atoms with Crippen LogP contribution in [0, 0.1) is 0 Å². The summed E-state index contributed by atoms with van der Waals surface area (Å²) >= 11 is 6.30. The van der Waals surface area contributed by atoms with Crippen molar-refractivity contribution in [3.63, 3.8) is 0 Å². The van der Waals surface area contributed by atoms with Crippen LogP contribution < -0.4 is 16.2 Å². The SMILES string of the molecule is CN1C[C@@H](Nc2cnn(C)c(=O)c2Cl)C[C@@H](c2ccc(CN3CC(c4cccc(C5CCC(=O)NC5=O)c4)C3)cc2)C1. The van der Waals surface area contributed by atoms with Crippen LogP contribution in [0.2, 0.25) is 5.02 Å². The van der Waals surface area contributed by atoms with Crippen LogP contribution in [0.15, 0.2) is 59.5 Å². The summed E-state index contributed by atoms with van der Waals surface area (Å²) < 4.78 is 1.24. The van der Waals surface area contributed by atoms with Gasteiger partial charge in [-0.3, -0.25) is 24.6 Å². The predicted molar refractivity (Wildman–Crippen MR) is 163 cm³/mol. The van der Waals surface area contributed by atoms with Crippen molar-refractivity contribution in [3.05, 3.63) is 92.4 Å². The third-order valence-electron chi connectivity index (χ3n) is 8.91. The van der Waals surface area contributed by atoms with E-state index < -0.39 is 0 Å². The molecule has 6 rings (SSSR count). The van der Waals surface area contributed by atoms with Gasteiger partial charge < -0.3 is 10.2 Å². The predicted octanol–water partition coefficient (Wildman–Crippen LogP) is 3.45. The van der Waals surface area contributed by atoms with Gasteiger partial charge in [0.05, 0.1) is 17.8 Å². The standard InChI is InChI=1S/C32H37ClN6O3/c1-37-16-24(13-26(19-37)35-28-14-34-38(2)32(42)30(28)33)21-8-6-20(7-9-21)15-39-17-25(18-39)22-4-3-5-23(12-22)27-10-11-29(40)36-31(27)41/h3-9,12,14,24-27,35H,10-11,13,15-19H2,1-2H3,(H,36,40,41)/t24-,26+,27?/m1/s1. The molecule has 3 saturated heterocycles. The van der Waals surface area contributed by atoms with E-state index in [4.69, 9.17) is 11.6 Å². The van der Waals surface area contributed by atoms with Crippen molar-refractivity contribution in [1.82, 2.24) is 24.9 Å². The van der Waals surface area contributed by atoms with E-state index in [1.165, 1.54) is 21.4 Å². The molecule has 1 aromatic heterocycles. The van der Waals surface area contributed by atoms with Gasteiger partial charge in [0.1, 0.15) is 5.02 Å². The Kier molecular flexibility index (Phi) is 8.16. The highest BCUT2D eigenvalue weighted by Gasteiger charge is 2.32. The molecule has 3 aliphatic rings. The summed E-state index contributed by atoms with van der Waals surface area (Å²) in [6, 6.07) is 17.5. The average Bonchev–Trinajstić information content (AvgIpc) is 2.95. The highest BCUT2D eigenvalue weighted by molar-refractivity contribution is 6.32. The van der Waals surface area contributed by atoms with Gasteiger partial charge in [0.15, 0.2) is 0 Å². The Morgan fingerprint density at radius 2 is 1.71 bits per heavy atom. The molecule has 0 radical (unpaired) electrons. The summed E-state index contributed by atoms with van der Waals surface area (Å²) in [5, 5.41) is 10.2. The van der Waals surface area contributed by atoms with Gasteiger partial charge >= 0.3 is 0 Å². The second kappa shape index (κ2) is 12.0. The normalized spacial score (nSPS) is 23.8. The van der Waals surface area contributed by atoms with Crippen LogP contribution in [0.3, 0.4) is 0 Å². The number of amides is 2. The number of nitrogens with zero attached hydrogens (tertiary/aromatic N) is 4. The van der Waals surface area contributed by atoms with E-state index in [0.717, 1.165) is 44.7 Å². The Hall–Kier alpha value is -3.53. The molecule has 220 valence electrons. The fourth-order valence-electron chi connectivity index (χ4n) is 6.60. The number of nitrogens with one attached hydrogen (secondary N) is 2. The molecule has 4 heterocycles. The molecular formula is C32H37ClN6O3. The second-order valence-corrected chi connectivity index (χ2v) is 12.5. The van der Waals surface area contributed by atoms with E-state index in [-0.39, 0.29) is 34.4 Å². The number of anilines is 1. The maximum absolute atomic E-state index is 12.3. The molecule has 0 spiro atoms. The maximum Gasteiger partial charge on any atom is 0.287 e. The van der Waals surface area contributed by atoms with E-state index in [0.29, 0.717) is 30.4 Å². The van der Waals surface area contributed by atoms with Crippen molar-refractivity contribution in [2.75, 3.05) is 38.5 Å². The molecule has 2 aromatic carbocycles. The number of carbonyl (C=O) groups excluding carboxylic acids is 2. The van der Waals surface area contributed by atoms with Gasteiger partial charge in [-0.05, 0) is 48.1 Å². The molecule has 42 heavy (non-hydrogen) atoms. The first-order valence-corrected chi connectivity index (χ1v) is 15.0. The topological polar surface area (TPSA) is 99.6 Å². The van der Waals surface area contributed by atoms with Crippen molar-refractivity contribution >= 4 is 29.1 Å². The maximum atomic E-state index is 12.3. The molecule has 1 unspecified atom stereocenters. The minimum atomic E-state index is -0.299. The Morgan fingerprint density at radius 1 is 0.952 bits per heavy atom.